The van der Waals surface area contributed by atoms with Crippen LogP contribution in [0.2, 0.25) is 0 Å². The standard InChI is InChI=1S/C17H19NO4S.Na.H/c1-13(15-10-6-3-7-11-15)17(23(20,21)22)18-16(19)12-14-8-4-2-5-9-14;;/h2-11,13,17H,12H2,1H3,(H,18,19)(H,20,21,22);;. The summed E-state index contributed by atoms with van der Waals surface area (Å²) in [6.45, 7) is 1.65. The fourth-order valence-electron chi connectivity index (χ4n) is 2.38. The Morgan fingerprint density at radius 3 is 2.04 bits per heavy atom. The molecule has 0 aliphatic rings. The van der Waals surface area contributed by atoms with Crippen LogP contribution in [0.4, 0.5) is 0 Å². The van der Waals surface area contributed by atoms with Gasteiger partial charge in [-0.3, -0.25) is 9.35 Å². The van der Waals surface area contributed by atoms with E-state index in [0.29, 0.717) is 0 Å². The quantitative estimate of drug-likeness (QED) is 0.609. The van der Waals surface area contributed by atoms with Crippen molar-refractivity contribution in [2.45, 2.75) is 24.6 Å². The summed E-state index contributed by atoms with van der Waals surface area (Å²) in [7, 11) is -4.43. The normalized spacial score (nSPS) is 13.4. The minimum atomic E-state index is -4.43. The van der Waals surface area contributed by atoms with Crippen LogP contribution >= 0.6 is 0 Å². The van der Waals surface area contributed by atoms with Gasteiger partial charge in [-0.25, -0.2) is 0 Å². The van der Waals surface area contributed by atoms with Gasteiger partial charge in [0.2, 0.25) is 5.91 Å². The Morgan fingerprint density at radius 1 is 1.04 bits per heavy atom. The van der Waals surface area contributed by atoms with Gasteiger partial charge in [0.25, 0.3) is 10.1 Å². The van der Waals surface area contributed by atoms with Gasteiger partial charge in [-0.05, 0) is 11.1 Å². The fraction of sp³-hybridized carbons (Fsp3) is 0.235. The predicted octanol–water partition coefficient (Wildman–Crippen LogP) is 1.71. The molecule has 0 spiro atoms. The van der Waals surface area contributed by atoms with Crippen molar-refractivity contribution in [1.29, 1.82) is 0 Å². The van der Waals surface area contributed by atoms with Crippen LogP contribution < -0.4 is 5.32 Å². The number of benzene rings is 2. The van der Waals surface area contributed by atoms with E-state index >= 15 is 0 Å². The molecular formula is C17H20NNaO4S. The van der Waals surface area contributed by atoms with E-state index in [1.807, 2.05) is 12.1 Å². The molecule has 2 rings (SSSR count). The van der Waals surface area contributed by atoms with Crippen LogP contribution in [-0.2, 0) is 21.3 Å². The van der Waals surface area contributed by atoms with E-state index < -0.39 is 27.3 Å². The second-order valence-corrected chi connectivity index (χ2v) is 6.90. The van der Waals surface area contributed by atoms with E-state index in [-0.39, 0.29) is 36.0 Å². The van der Waals surface area contributed by atoms with Crippen molar-refractivity contribution in [3.63, 3.8) is 0 Å². The van der Waals surface area contributed by atoms with Gasteiger partial charge in [-0.1, -0.05) is 67.6 Å². The first kappa shape index (κ1) is 20.9. The van der Waals surface area contributed by atoms with E-state index in [4.69, 9.17) is 0 Å². The summed E-state index contributed by atoms with van der Waals surface area (Å²) < 4.78 is 32.8. The molecule has 124 valence electrons. The number of amides is 1. The number of nitrogens with one attached hydrogen (secondary N) is 1. The summed E-state index contributed by atoms with van der Waals surface area (Å²) in [6, 6.07) is 17.9. The second-order valence-electron chi connectivity index (χ2n) is 5.36. The number of hydrogen-bond acceptors (Lipinski definition) is 3. The third-order valence-electron chi connectivity index (χ3n) is 3.61. The summed E-state index contributed by atoms with van der Waals surface area (Å²) in [5.74, 6) is -1.03. The number of hydrogen-bond donors (Lipinski definition) is 2. The Bertz CT molecular complexity index is 751. The minimum absolute atomic E-state index is 0. The number of carbonyl (C=O) groups is 1. The molecule has 0 aliphatic carbocycles. The van der Waals surface area contributed by atoms with E-state index in [9.17, 15) is 17.8 Å². The maximum atomic E-state index is 12.1. The van der Waals surface area contributed by atoms with Gasteiger partial charge in [0.15, 0.2) is 5.37 Å². The molecule has 2 aromatic rings. The van der Waals surface area contributed by atoms with Crippen LogP contribution in [0.5, 0.6) is 0 Å². The topological polar surface area (TPSA) is 83.5 Å². The summed E-state index contributed by atoms with van der Waals surface area (Å²) in [5.41, 5.74) is 1.49. The van der Waals surface area contributed by atoms with Gasteiger partial charge < -0.3 is 5.32 Å². The van der Waals surface area contributed by atoms with Crippen LogP contribution in [0.1, 0.15) is 24.0 Å². The van der Waals surface area contributed by atoms with Crippen molar-refractivity contribution in [2.75, 3.05) is 0 Å². The first-order valence-corrected chi connectivity index (χ1v) is 8.73. The van der Waals surface area contributed by atoms with Crippen LogP contribution in [0, 0.1) is 0 Å². The molecule has 2 atom stereocenters. The third kappa shape index (κ3) is 6.03. The van der Waals surface area contributed by atoms with Crippen molar-refractivity contribution >= 4 is 45.6 Å². The molecule has 0 aliphatic heterocycles. The van der Waals surface area contributed by atoms with Crippen LogP contribution in [0.15, 0.2) is 60.7 Å². The fourth-order valence-corrected chi connectivity index (χ4v) is 3.33. The molecule has 0 heterocycles. The molecule has 0 saturated heterocycles. The van der Waals surface area contributed by atoms with Gasteiger partial charge >= 0.3 is 29.6 Å². The Balaban J connectivity index is 0.00000288. The third-order valence-corrected chi connectivity index (χ3v) is 4.78. The van der Waals surface area contributed by atoms with Gasteiger partial charge in [-0.15, -0.1) is 0 Å². The van der Waals surface area contributed by atoms with Gasteiger partial charge in [0.05, 0.1) is 6.42 Å². The molecule has 2 aromatic carbocycles. The van der Waals surface area contributed by atoms with Crippen molar-refractivity contribution in [3.05, 3.63) is 71.8 Å². The molecule has 0 saturated carbocycles. The van der Waals surface area contributed by atoms with Crippen LogP contribution in [0.3, 0.4) is 0 Å². The molecule has 0 bridgehead atoms. The van der Waals surface area contributed by atoms with E-state index in [1.165, 1.54) is 0 Å². The average molecular weight is 357 g/mol. The average Bonchev–Trinajstić information content (AvgIpc) is 2.53. The van der Waals surface area contributed by atoms with Crippen molar-refractivity contribution < 1.29 is 17.8 Å². The second kappa shape index (κ2) is 9.34. The summed E-state index contributed by atoms with van der Waals surface area (Å²) in [6.07, 6.45) is 0.0500. The maximum absolute atomic E-state index is 12.1. The van der Waals surface area contributed by atoms with Gasteiger partial charge in [0, 0.05) is 5.92 Å². The van der Waals surface area contributed by atoms with E-state index in [0.717, 1.165) is 11.1 Å². The SMILES string of the molecule is CC(c1ccccc1)C(NC(=O)Cc1ccccc1)S(=O)(=O)O.[NaH]. The summed E-state index contributed by atoms with van der Waals surface area (Å²) in [4.78, 5) is 12.1. The summed E-state index contributed by atoms with van der Waals surface area (Å²) >= 11 is 0. The van der Waals surface area contributed by atoms with E-state index in [2.05, 4.69) is 5.32 Å². The Morgan fingerprint density at radius 2 is 1.54 bits per heavy atom. The van der Waals surface area contributed by atoms with Crippen molar-refractivity contribution in [1.82, 2.24) is 5.32 Å². The first-order chi connectivity index (χ1) is 10.9. The molecule has 0 radical (unpaired) electrons. The summed E-state index contributed by atoms with van der Waals surface area (Å²) in [5, 5.41) is 1.04. The Hall–Kier alpha value is -1.18. The number of carbonyl (C=O) groups excluding carboxylic acids is 1. The van der Waals surface area contributed by atoms with Gasteiger partial charge in [0.1, 0.15) is 0 Å². The molecule has 0 aromatic heterocycles. The first-order valence-electron chi connectivity index (χ1n) is 7.22. The zero-order valence-electron chi connectivity index (χ0n) is 12.7. The van der Waals surface area contributed by atoms with E-state index in [1.54, 1.807) is 55.5 Å². The molecule has 0 fully saturated rings. The zero-order chi connectivity index (χ0) is 16.9. The molecule has 5 nitrogen and oxygen atoms in total. The predicted molar refractivity (Wildman–Crippen MR) is 95.6 cm³/mol. The zero-order valence-corrected chi connectivity index (χ0v) is 13.5. The molecule has 2 N–H and O–H groups in total. The Labute approximate surface area is 164 Å². The van der Waals surface area contributed by atoms with Gasteiger partial charge in [-0.2, -0.15) is 8.42 Å². The Kier molecular flexibility index (Phi) is 8.12. The van der Waals surface area contributed by atoms with Crippen LogP contribution in [-0.4, -0.2) is 53.8 Å². The van der Waals surface area contributed by atoms with Crippen LogP contribution in [0.25, 0.3) is 0 Å². The molecule has 1 amide bonds. The molecular weight excluding hydrogens is 337 g/mol. The molecule has 24 heavy (non-hydrogen) atoms. The monoisotopic (exact) mass is 357 g/mol. The van der Waals surface area contributed by atoms with Crippen molar-refractivity contribution in [2.24, 2.45) is 0 Å². The molecule has 2 unspecified atom stereocenters. The molecule has 7 heteroatoms. The van der Waals surface area contributed by atoms with Crippen molar-refractivity contribution in [3.8, 4) is 0 Å². The number of rotatable bonds is 6.